The molecule has 1 rings (SSSR count). The molecule has 1 aromatic rings. The van der Waals surface area contributed by atoms with E-state index in [1.807, 2.05) is 46.9 Å². The molecule has 0 aliphatic carbocycles. The number of carbonyl (C=O) groups excluding carboxylic acids is 1. The van der Waals surface area contributed by atoms with Crippen LogP contribution >= 0.6 is 0 Å². The third kappa shape index (κ3) is 4.40. The molecule has 0 spiro atoms. The molecule has 0 radical (unpaired) electrons. The van der Waals surface area contributed by atoms with E-state index in [0.29, 0.717) is 13.2 Å². The molecule has 0 saturated heterocycles. The summed E-state index contributed by atoms with van der Waals surface area (Å²) in [6.45, 7) is 9.05. The zero-order valence-corrected chi connectivity index (χ0v) is 12.0. The van der Waals surface area contributed by atoms with Gasteiger partial charge in [0.25, 0.3) is 0 Å². The van der Waals surface area contributed by atoms with Crippen molar-refractivity contribution < 1.29 is 9.53 Å². The van der Waals surface area contributed by atoms with E-state index >= 15 is 0 Å². The lowest BCUT2D eigenvalue weighted by molar-refractivity contribution is -0.133. The van der Waals surface area contributed by atoms with E-state index in [-0.39, 0.29) is 11.8 Å². The molecular formula is C15H23NO2. The first kappa shape index (κ1) is 14.6. The molecule has 0 aliphatic heterocycles. The highest BCUT2D eigenvalue weighted by Gasteiger charge is 2.12. The van der Waals surface area contributed by atoms with Crippen LogP contribution in [0.4, 0.5) is 0 Å². The first-order valence-electron chi connectivity index (χ1n) is 6.36. The molecule has 0 unspecified atom stereocenters. The van der Waals surface area contributed by atoms with E-state index in [4.69, 9.17) is 4.74 Å². The zero-order chi connectivity index (χ0) is 13.7. The minimum Gasteiger partial charge on any atom is -0.492 e. The van der Waals surface area contributed by atoms with Crippen LogP contribution in [0.3, 0.4) is 0 Å². The van der Waals surface area contributed by atoms with Crippen molar-refractivity contribution in [2.75, 3.05) is 20.2 Å². The summed E-state index contributed by atoms with van der Waals surface area (Å²) in [5.41, 5.74) is 2.38. The Hall–Kier alpha value is -1.51. The Morgan fingerprint density at radius 3 is 2.28 bits per heavy atom. The third-order valence-electron chi connectivity index (χ3n) is 2.76. The van der Waals surface area contributed by atoms with Gasteiger partial charge in [0.2, 0.25) is 5.91 Å². The molecule has 3 nitrogen and oxygen atoms in total. The van der Waals surface area contributed by atoms with E-state index in [1.165, 1.54) is 11.1 Å². The molecule has 0 aromatic heterocycles. The van der Waals surface area contributed by atoms with E-state index in [0.717, 1.165) is 5.75 Å². The number of hydrogen-bond acceptors (Lipinski definition) is 2. The van der Waals surface area contributed by atoms with E-state index in [9.17, 15) is 4.79 Å². The fourth-order valence-corrected chi connectivity index (χ4v) is 1.87. The quantitative estimate of drug-likeness (QED) is 0.803. The van der Waals surface area contributed by atoms with Crippen molar-refractivity contribution in [2.24, 2.45) is 5.92 Å². The van der Waals surface area contributed by atoms with E-state index in [2.05, 4.69) is 6.07 Å². The Balaban J connectivity index is 2.44. The Morgan fingerprint density at radius 1 is 1.22 bits per heavy atom. The van der Waals surface area contributed by atoms with Crippen LogP contribution in [0.2, 0.25) is 0 Å². The summed E-state index contributed by atoms with van der Waals surface area (Å²) in [5, 5.41) is 0. The third-order valence-corrected chi connectivity index (χ3v) is 2.76. The number of rotatable bonds is 5. The molecular weight excluding hydrogens is 226 g/mol. The predicted molar refractivity (Wildman–Crippen MR) is 73.9 cm³/mol. The van der Waals surface area contributed by atoms with Crippen LogP contribution in [0.15, 0.2) is 18.2 Å². The predicted octanol–water partition coefficient (Wildman–Crippen LogP) is 2.80. The van der Waals surface area contributed by atoms with Gasteiger partial charge >= 0.3 is 0 Å². The largest absolute Gasteiger partial charge is 0.492 e. The van der Waals surface area contributed by atoms with Crippen LogP contribution in [0.1, 0.15) is 25.0 Å². The highest BCUT2D eigenvalue weighted by molar-refractivity contribution is 5.77. The topological polar surface area (TPSA) is 29.5 Å². The van der Waals surface area contributed by atoms with Gasteiger partial charge in [0.15, 0.2) is 0 Å². The molecule has 18 heavy (non-hydrogen) atoms. The Kier molecular flexibility index (Phi) is 5.20. The maximum atomic E-state index is 11.7. The van der Waals surface area contributed by atoms with Crippen molar-refractivity contribution in [2.45, 2.75) is 27.7 Å². The Morgan fingerprint density at radius 2 is 1.78 bits per heavy atom. The normalized spacial score (nSPS) is 10.6. The van der Waals surface area contributed by atoms with Gasteiger partial charge < -0.3 is 9.64 Å². The second-order valence-corrected chi connectivity index (χ2v) is 5.09. The number of carbonyl (C=O) groups is 1. The van der Waals surface area contributed by atoms with Crippen molar-refractivity contribution in [3.05, 3.63) is 29.3 Å². The molecule has 0 fully saturated rings. The number of ether oxygens (including phenoxy) is 1. The lowest BCUT2D eigenvalue weighted by Gasteiger charge is -2.19. The molecule has 100 valence electrons. The van der Waals surface area contributed by atoms with Crippen LogP contribution in [-0.4, -0.2) is 31.0 Å². The average Bonchev–Trinajstić information content (AvgIpc) is 2.26. The number of benzene rings is 1. The number of amides is 1. The Bertz CT molecular complexity index is 393. The summed E-state index contributed by atoms with van der Waals surface area (Å²) in [7, 11) is 1.81. The maximum absolute atomic E-state index is 11.7. The van der Waals surface area contributed by atoms with Crippen molar-refractivity contribution in [1.82, 2.24) is 4.90 Å². The Labute approximate surface area is 110 Å². The van der Waals surface area contributed by atoms with Crippen molar-refractivity contribution >= 4 is 5.91 Å². The highest BCUT2D eigenvalue weighted by Crippen LogP contribution is 2.16. The van der Waals surface area contributed by atoms with Crippen LogP contribution in [0.25, 0.3) is 0 Å². The second kappa shape index (κ2) is 6.43. The first-order chi connectivity index (χ1) is 8.40. The molecule has 0 heterocycles. The zero-order valence-electron chi connectivity index (χ0n) is 12.0. The maximum Gasteiger partial charge on any atom is 0.224 e. The number of likely N-dealkylation sites (N-methyl/N-ethyl adjacent to an activating group) is 1. The molecule has 1 amide bonds. The van der Waals surface area contributed by atoms with E-state index in [1.54, 1.807) is 4.90 Å². The first-order valence-corrected chi connectivity index (χ1v) is 6.36. The SMILES string of the molecule is Cc1cc(C)cc(OCCN(C)C(=O)C(C)C)c1. The molecule has 0 bridgehead atoms. The van der Waals surface area contributed by atoms with Crippen LogP contribution in [-0.2, 0) is 4.79 Å². The fourth-order valence-electron chi connectivity index (χ4n) is 1.87. The summed E-state index contributed by atoms with van der Waals surface area (Å²) in [4.78, 5) is 13.4. The van der Waals surface area contributed by atoms with Gasteiger partial charge in [0, 0.05) is 13.0 Å². The monoisotopic (exact) mass is 249 g/mol. The standard InChI is InChI=1S/C15H23NO2/c1-11(2)15(17)16(5)6-7-18-14-9-12(3)8-13(4)10-14/h8-11H,6-7H2,1-5H3. The molecule has 3 heteroatoms. The van der Waals surface area contributed by atoms with Gasteiger partial charge in [0.1, 0.15) is 12.4 Å². The van der Waals surface area contributed by atoms with Crippen LogP contribution < -0.4 is 4.74 Å². The molecule has 0 N–H and O–H groups in total. The summed E-state index contributed by atoms with van der Waals surface area (Å²) in [5.74, 6) is 1.06. The molecule has 0 aliphatic rings. The lowest BCUT2D eigenvalue weighted by Crippen LogP contribution is -2.33. The molecule has 0 saturated carbocycles. The summed E-state index contributed by atoms with van der Waals surface area (Å²) in [6.07, 6.45) is 0. The molecule has 1 aromatic carbocycles. The van der Waals surface area contributed by atoms with Gasteiger partial charge in [-0.25, -0.2) is 0 Å². The van der Waals surface area contributed by atoms with Crippen molar-refractivity contribution in [3.63, 3.8) is 0 Å². The molecule has 0 atom stereocenters. The lowest BCUT2D eigenvalue weighted by atomic mass is 10.1. The fraction of sp³-hybridized carbons (Fsp3) is 0.533. The minimum atomic E-state index is 0.0382. The smallest absolute Gasteiger partial charge is 0.224 e. The van der Waals surface area contributed by atoms with Crippen LogP contribution in [0.5, 0.6) is 5.75 Å². The van der Waals surface area contributed by atoms with Gasteiger partial charge in [-0.05, 0) is 37.1 Å². The van der Waals surface area contributed by atoms with E-state index < -0.39 is 0 Å². The second-order valence-electron chi connectivity index (χ2n) is 5.09. The highest BCUT2D eigenvalue weighted by atomic mass is 16.5. The number of hydrogen-bond donors (Lipinski definition) is 0. The number of aryl methyl sites for hydroxylation is 2. The van der Waals surface area contributed by atoms with Gasteiger partial charge in [-0.3, -0.25) is 4.79 Å². The minimum absolute atomic E-state index is 0.0382. The van der Waals surface area contributed by atoms with Crippen LogP contribution in [0, 0.1) is 19.8 Å². The van der Waals surface area contributed by atoms with Gasteiger partial charge in [-0.2, -0.15) is 0 Å². The van der Waals surface area contributed by atoms with Gasteiger partial charge in [0.05, 0.1) is 6.54 Å². The number of nitrogens with zero attached hydrogens (tertiary/aromatic N) is 1. The average molecular weight is 249 g/mol. The summed E-state index contributed by atoms with van der Waals surface area (Å²) < 4.78 is 5.67. The van der Waals surface area contributed by atoms with Gasteiger partial charge in [-0.1, -0.05) is 19.9 Å². The summed E-state index contributed by atoms with van der Waals surface area (Å²) >= 11 is 0. The van der Waals surface area contributed by atoms with Gasteiger partial charge in [-0.15, -0.1) is 0 Å². The van der Waals surface area contributed by atoms with Crippen molar-refractivity contribution in [3.8, 4) is 5.75 Å². The van der Waals surface area contributed by atoms with Crippen molar-refractivity contribution in [1.29, 1.82) is 0 Å². The summed E-state index contributed by atoms with van der Waals surface area (Å²) in [6, 6.07) is 6.13.